The van der Waals surface area contributed by atoms with Gasteiger partial charge in [0.2, 0.25) is 5.91 Å². The lowest BCUT2D eigenvalue weighted by Crippen LogP contribution is -2.45. The fourth-order valence-corrected chi connectivity index (χ4v) is 1.74. The summed E-state index contributed by atoms with van der Waals surface area (Å²) in [6.07, 6.45) is 3.26. The molecule has 1 saturated heterocycles. The van der Waals surface area contributed by atoms with Gasteiger partial charge in [-0.1, -0.05) is 0 Å². The molecule has 1 aliphatic heterocycles. The minimum Gasteiger partial charge on any atom is -0.342 e. The van der Waals surface area contributed by atoms with E-state index in [1.54, 1.807) is 0 Å². The maximum atomic E-state index is 11.8. The van der Waals surface area contributed by atoms with Crippen LogP contribution in [-0.4, -0.2) is 36.5 Å². The van der Waals surface area contributed by atoms with E-state index in [4.69, 9.17) is 0 Å². The van der Waals surface area contributed by atoms with Crippen LogP contribution in [0.25, 0.3) is 0 Å². The number of rotatable bonds is 3. The second-order valence-electron chi connectivity index (χ2n) is 3.43. The minimum absolute atomic E-state index is 0.0337. The van der Waals surface area contributed by atoms with Gasteiger partial charge in [0, 0.05) is 19.6 Å². The highest BCUT2D eigenvalue weighted by Crippen LogP contribution is 2.11. The number of hydrogen-bond donors (Lipinski definition) is 0. The third-order valence-electron chi connectivity index (χ3n) is 2.60. The van der Waals surface area contributed by atoms with E-state index in [2.05, 4.69) is 5.32 Å². The molecule has 0 saturated carbocycles. The van der Waals surface area contributed by atoms with Crippen molar-refractivity contribution in [2.75, 3.05) is 19.6 Å². The monoisotopic (exact) mass is 183 g/mol. The Hall–Kier alpha value is -0.570. The van der Waals surface area contributed by atoms with Crippen LogP contribution >= 0.6 is 0 Å². The zero-order valence-corrected chi connectivity index (χ0v) is 8.62. The minimum atomic E-state index is -0.0337. The van der Waals surface area contributed by atoms with E-state index in [-0.39, 0.29) is 11.9 Å². The standard InChI is InChI=1S/C10H19N2O/c1-3-12(4-2)10(13)9-7-5-6-8-11-9/h9H,3-8H2,1-2H3. The summed E-state index contributed by atoms with van der Waals surface area (Å²) in [4.78, 5) is 13.7. The predicted octanol–water partition coefficient (Wildman–Crippen LogP) is 1.01. The number of likely N-dealkylation sites (N-methyl/N-ethyl adjacent to an activating group) is 1. The first kappa shape index (κ1) is 10.5. The normalized spacial score (nSPS) is 22.8. The van der Waals surface area contributed by atoms with Crippen LogP contribution in [0.3, 0.4) is 0 Å². The zero-order valence-electron chi connectivity index (χ0n) is 8.62. The Labute approximate surface area is 80.5 Å². The van der Waals surface area contributed by atoms with Crippen LogP contribution < -0.4 is 5.32 Å². The van der Waals surface area contributed by atoms with E-state index < -0.39 is 0 Å². The fourth-order valence-electron chi connectivity index (χ4n) is 1.74. The van der Waals surface area contributed by atoms with Gasteiger partial charge in [-0.25, -0.2) is 5.32 Å². The van der Waals surface area contributed by atoms with Crippen molar-refractivity contribution in [2.45, 2.75) is 39.2 Å². The van der Waals surface area contributed by atoms with Gasteiger partial charge in [-0.2, -0.15) is 0 Å². The van der Waals surface area contributed by atoms with Gasteiger partial charge in [0.1, 0.15) is 6.04 Å². The van der Waals surface area contributed by atoms with E-state index in [9.17, 15) is 4.79 Å². The maximum Gasteiger partial charge on any atom is 0.241 e. The fraction of sp³-hybridized carbons (Fsp3) is 0.900. The smallest absolute Gasteiger partial charge is 0.241 e. The van der Waals surface area contributed by atoms with Crippen molar-refractivity contribution in [3.05, 3.63) is 0 Å². The molecule has 0 spiro atoms. The van der Waals surface area contributed by atoms with Gasteiger partial charge in [0.25, 0.3) is 0 Å². The molecule has 0 bridgehead atoms. The van der Waals surface area contributed by atoms with E-state index in [1.165, 1.54) is 0 Å². The lowest BCUT2D eigenvalue weighted by atomic mass is 10.0. The Morgan fingerprint density at radius 2 is 2.08 bits per heavy atom. The highest BCUT2D eigenvalue weighted by atomic mass is 16.2. The van der Waals surface area contributed by atoms with Crippen molar-refractivity contribution in [1.29, 1.82) is 0 Å². The molecule has 13 heavy (non-hydrogen) atoms. The lowest BCUT2D eigenvalue weighted by molar-refractivity contribution is -0.133. The van der Waals surface area contributed by atoms with Gasteiger partial charge in [0.05, 0.1) is 0 Å². The van der Waals surface area contributed by atoms with Crippen LogP contribution in [0.1, 0.15) is 33.1 Å². The topological polar surface area (TPSA) is 34.4 Å². The molecule has 0 aromatic heterocycles. The number of piperidine rings is 1. The molecule has 1 unspecified atom stereocenters. The van der Waals surface area contributed by atoms with Gasteiger partial charge in [-0.05, 0) is 33.1 Å². The molecule has 1 fully saturated rings. The van der Waals surface area contributed by atoms with Crippen molar-refractivity contribution in [2.24, 2.45) is 0 Å². The van der Waals surface area contributed by atoms with Gasteiger partial charge in [0.15, 0.2) is 0 Å². The molecule has 1 heterocycles. The Bertz CT molecular complexity index is 160. The summed E-state index contributed by atoms with van der Waals surface area (Å²) in [5.41, 5.74) is 0. The largest absolute Gasteiger partial charge is 0.342 e. The average Bonchev–Trinajstić information content (AvgIpc) is 2.21. The Kier molecular flexibility index (Phi) is 4.22. The summed E-state index contributed by atoms with van der Waals surface area (Å²) in [5.74, 6) is 0.227. The van der Waals surface area contributed by atoms with Crippen molar-refractivity contribution < 1.29 is 4.79 Å². The van der Waals surface area contributed by atoms with Crippen molar-refractivity contribution in [3.63, 3.8) is 0 Å². The summed E-state index contributed by atoms with van der Waals surface area (Å²) < 4.78 is 0. The average molecular weight is 183 g/mol. The van der Waals surface area contributed by atoms with Crippen LogP contribution in [0.4, 0.5) is 0 Å². The van der Waals surface area contributed by atoms with E-state index in [1.807, 2.05) is 18.7 Å². The molecule has 3 heteroatoms. The van der Waals surface area contributed by atoms with Crippen LogP contribution in [0.5, 0.6) is 0 Å². The second kappa shape index (κ2) is 5.22. The number of hydrogen-bond acceptors (Lipinski definition) is 1. The lowest BCUT2D eigenvalue weighted by Gasteiger charge is -2.27. The third-order valence-corrected chi connectivity index (χ3v) is 2.60. The molecule has 0 aliphatic carbocycles. The van der Waals surface area contributed by atoms with Gasteiger partial charge in [-0.3, -0.25) is 4.79 Å². The Morgan fingerprint density at radius 1 is 1.38 bits per heavy atom. The highest BCUT2D eigenvalue weighted by Gasteiger charge is 2.24. The molecule has 1 atom stereocenters. The first-order valence-corrected chi connectivity index (χ1v) is 5.25. The van der Waals surface area contributed by atoms with E-state index in [0.717, 1.165) is 38.9 Å². The quantitative estimate of drug-likeness (QED) is 0.643. The number of carbonyl (C=O) groups excluding carboxylic acids is 1. The van der Waals surface area contributed by atoms with E-state index in [0.29, 0.717) is 0 Å². The Morgan fingerprint density at radius 3 is 2.54 bits per heavy atom. The van der Waals surface area contributed by atoms with Crippen molar-refractivity contribution >= 4 is 5.91 Å². The molecule has 75 valence electrons. The van der Waals surface area contributed by atoms with Crippen LogP contribution in [0, 0.1) is 0 Å². The summed E-state index contributed by atoms with van der Waals surface area (Å²) >= 11 is 0. The predicted molar refractivity (Wildman–Crippen MR) is 52.6 cm³/mol. The number of nitrogens with zero attached hydrogens (tertiary/aromatic N) is 2. The van der Waals surface area contributed by atoms with E-state index >= 15 is 0 Å². The Balaban J connectivity index is 2.44. The molecule has 0 aromatic carbocycles. The molecule has 3 nitrogen and oxygen atoms in total. The molecular formula is C10H19N2O. The van der Waals surface area contributed by atoms with Gasteiger partial charge >= 0.3 is 0 Å². The van der Waals surface area contributed by atoms with Gasteiger partial charge < -0.3 is 4.90 Å². The summed E-state index contributed by atoms with van der Waals surface area (Å²) in [5, 5.41) is 4.35. The molecule has 1 aliphatic rings. The molecule has 1 amide bonds. The highest BCUT2D eigenvalue weighted by molar-refractivity contribution is 5.81. The summed E-state index contributed by atoms with van der Waals surface area (Å²) in [6.45, 7) is 6.52. The molecule has 0 aromatic rings. The SMILES string of the molecule is CCN(CC)C(=O)C1CCCC[N]1. The molecule has 0 N–H and O–H groups in total. The van der Waals surface area contributed by atoms with Crippen molar-refractivity contribution in [1.82, 2.24) is 10.2 Å². The van der Waals surface area contributed by atoms with Gasteiger partial charge in [-0.15, -0.1) is 0 Å². The zero-order chi connectivity index (χ0) is 9.68. The molecule has 1 radical (unpaired) electrons. The first-order chi connectivity index (χ1) is 6.29. The molecule has 1 rings (SSSR count). The van der Waals surface area contributed by atoms with Crippen LogP contribution in [0.2, 0.25) is 0 Å². The van der Waals surface area contributed by atoms with Crippen LogP contribution in [0.15, 0.2) is 0 Å². The summed E-state index contributed by atoms with van der Waals surface area (Å²) in [6, 6.07) is -0.0337. The molecular weight excluding hydrogens is 164 g/mol. The number of amides is 1. The second-order valence-corrected chi connectivity index (χ2v) is 3.43. The number of carbonyl (C=O) groups is 1. The first-order valence-electron chi connectivity index (χ1n) is 5.25. The summed E-state index contributed by atoms with van der Waals surface area (Å²) in [7, 11) is 0. The van der Waals surface area contributed by atoms with Crippen molar-refractivity contribution in [3.8, 4) is 0 Å². The third kappa shape index (κ3) is 2.69. The maximum absolute atomic E-state index is 11.8. The van der Waals surface area contributed by atoms with Crippen LogP contribution in [-0.2, 0) is 4.79 Å².